The van der Waals surface area contributed by atoms with Crippen LogP contribution in [0.25, 0.3) is 0 Å². The highest BCUT2D eigenvalue weighted by molar-refractivity contribution is 5.05. The first-order valence-corrected chi connectivity index (χ1v) is 6.54. The van der Waals surface area contributed by atoms with Crippen molar-refractivity contribution in [2.45, 2.75) is 58.5 Å². The Morgan fingerprint density at radius 3 is 2.56 bits per heavy atom. The van der Waals surface area contributed by atoms with Gasteiger partial charge in [0.2, 0.25) is 0 Å². The molecule has 1 N–H and O–H groups in total. The summed E-state index contributed by atoms with van der Waals surface area (Å²) in [4.78, 5) is 4.50. The summed E-state index contributed by atoms with van der Waals surface area (Å²) < 4.78 is 1.96. The second-order valence-corrected chi connectivity index (χ2v) is 4.84. The zero-order valence-corrected chi connectivity index (χ0v) is 12.0. The van der Waals surface area contributed by atoms with Crippen molar-refractivity contribution in [3.8, 4) is 6.07 Å². The Morgan fingerprint density at radius 1 is 1.44 bits per heavy atom. The van der Waals surface area contributed by atoms with Gasteiger partial charge in [0, 0.05) is 19.3 Å². The Bertz CT molecular complexity index is 431. The van der Waals surface area contributed by atoms with Gasteiger partial charge in [-0.05, 0) is 20.9 Å². The molecule has 0 fully saturated rings. The van der Waals surface area contributed by atoms with E-state index >= 15 is 0 Å². The van der Waals surface area contributed by atoms with E-state index in [0.29, 0.717) is 6.42 Å². The summed E-state index contributed by atoms with van der Waals surface area (Å²) in [6.07, 6.45) is 2.41. The number of aryl methyl sites for hydroxylation is 2. The van der Waals surface area contributed by atoms with Crippen LogP contribution in [0.5, 0.6) is 0 Å². The third-order valence-electron chi connectivity index (χ3n) is 3.30. The molecule has 0 radical (unpaired) electrons. The van der Waals surface area contributed by atoms with Crippen LogP contribution in [0.15, 0.2) is 0 Å². The van der Waals surface area contributed by atoms with E-state index < -0.39 is 5.54 Å². The molecule has 2 unspecified atom stereocenters. The summed E-state index contributed by atoms with van der Waals surface area (Å²) in [6, 6.07) is 2.47. The highest BCUT2D eigenvalue weighted by Gasteiger charge is 2.26. The predicted molar refractivity (Wildman–Crippen MR) is 71.2 cm³/mol. The number of rotatable bonds is 6. The van der Waals surface area contributed by atoms with Crippen LogP contribution in [0.1, 0.15) is 51.8 Å². The fourth-order valence-electron chi connectivity index (χ4n) is 2.03. The lowest BCUT2D eigenvalue weighted by Gasteiger charge is -2.25. The van der Waals surface area contributed by atoms with Crippen LogP contribution in [-0.2, 0) is 12.8 Å². The highest BCUT2D eigenvalue weighted by atomic mass is 15.4. The Morgan fingerprint density at radius 2 is 2.11 bits per heavy atom. The Hall–Kier alpha value is -1.41. The van der Waals surface area contributed by atoms with Crippen LogP contribution in [0.3, 0.4) is 0 Å². The minimum Gasteiger partial charge on any atom is -0.303 e. The summed E-state index contributed by atoms with van der Waals surface area (Å²) >= 11 is 0. The lowest BCUT2D eigenvalue weighted by atomic mass is 9.95. The molecule has 100 valence electrons. The van der Waals surface area contributed by atoms with Gasteiger partial charge in [0.25, 0.3) is 0 Å². The predicted octanol–water partition coefficient (Wildman–Crippen LogP) is 1.86. The molecule has 5 nitrogen and oxygen atoms in total. The molecular weight excluding hydrogens is 226 g/mol. The molecule has 0 aliphatic rings. The van der Waals surface area contributed by atoms with Crippen LogP contribution in [0.2, 0.25) is 0 Å². The van der Waals surface area contributed by atoms with Gasteiger partial charge in [-0.15, -0.1) is 0 Å². The molecule has 0 spiro atoms. The summed E-state index contributed by atoms with van der Waals surface area (Å²) in [7, 11) is 1.81. The molecule has 1 rings (SSSR count). The van der Waals surface area contributed by atoms with Crippen LogP contribution >= 0.6 is 0 Å². The maximum Gasteiger partial charge on any atom is 0.150 e. The number of nitrogens with one attached hydrogen (secondary N) is 1. The molecular formula is C13H23N5. The first kappa shape index (κ1) is 14.7. The number of aromatic nitrogens is 3. The van der Waals surface area contributed by atoms with Gasteiger partial charge in [0.15, 0.2) is 5.82 Å². The Labute approximate surface area is 109 Å². The topological polar surface area (TPSA) is 66.5 Å². The van der Waals surface area contributed by atoms with E-state index in [2.05, 4.69) is 42.2 Å². The van der Waals surface area contributed by atoms with Crippen molar-refractivity contribution in [3.63, 3.8) is 0 Å². The van der Waals surface area contributed by atoms with Gasteiger partial charge in [0.05, 0.1) is 12.1 Å². The van der Waals surface area contributed by atoms with E-state index in [0.717, 1.165) is 24.5 Å². The van der Waals surface area contributed by atoms with E-state index in [4.69, 9.17) is 0 Å². The second kappa shape index (κ2) is 5.96. The average Bonchev–Trinajstić information content (AvgIpc) is 2.81. The van der Waals surface area contributed by atoms with Crippen molar-refractivity contribution in [2.24, 2.45) is 0 Å². The number of nitriles is 1. The number of hydrogen-bond acceptors (Lipinski definition) is 4. The van der Waals surface area contributed by atoms with Crippen molar-refractivity contribution in [2.75, 3.05) is 7.05 Å². The molecule has 0 bridgehead atoms. The third-order valence-corrected chi connectivity index (χ3v) is 3.30. The van der Waals surface area contributed by atoms with Gasteiger partial charge in [-0.25, -0.2) is 9.67 Å². The maximum atomic E-state index is 9.20. The molecule has 0 amide bonds. The lowest BCUT2D eigenvalue weighted by Crippen LogP contribution is -2.40. The molecule has 1 heterocycles. The smallest absolute Gasteiger partial charge is 0.150 e. The zero-order chi connectivity index (χ0) is 13.8. The summed E-state index contributed by atoms with van der Waals surface area (Å²) in [5.41, 5.74) is -0.525. The van der Waals surface area contributed by atoms with E-state index in [1.807, 2.05) is 18.7 Å². The summed E-state index contributed by atoms with van der Waals surface area (Å²) in [5, 5.41) is 16.8. The molecule has 1 aromatic heterocycles. The molecule has 0 aliphatic heterocycles. The van der Waals surface area contributed by atoms with Crippen molar-refractivity contribution < 1.29 is 0 Å². The fraction of sp³-hybridized carbons (Fsp3) is 0.769. The maximum absolute atomic E-state index is 9.20. The molecule has 5 heteroatoms. The van der Waals surface area contributed by atoms with E-state index in [9.17, 15) is 5.26 Å². The number of nitrogens with zero attached hydrogens (tertiary/aromatic N) is 4. The van der Waals surface area contributed by atoms with Crippen molar-refractivity contribution >= 4 is 0 Å². The zero-order valence-electron chi connectivity index (χ0n) is 12.0. The fourth-order valence-corrected chi connectivity index (χ4v) is 2.03. The van der Waals surface area contributed by atoms with Gasteiger partial charge in [-0.2, -0.15) is 10.4 Å². The van der Waals surface area contributed by atoms with Gasteiger partial charge < -0.3 is 5.32 Å². The normalized spacial score (nSPS) is 16.0. The molecule has 0 aromatic carbocycles. The monoisotopic (exact) mass is 249 g/mol. The van der Waals surface area contributed by atoms with Crippen molar-refractivity contribution in [1.29, 1.82) is 5.26 Å². The van der Waals surface area contributed by atoms with Crippen molar-refractivity contribution in [3.05, 3.63) is 11.6 Å². The first-order valence-electron chi connectivity index (χ1n) is 6.54. The SMILES string of the molecule is CCc1nc(CC)n(C(C)CC(C)(C#N)NC)n1. The molecule has 2 atom stereocenters. The molecule has 0 aliphatic carbocycles. The molecule has 0 saturated carbocycles. The summed E-state index contributed by atoms with van der Waals surface area (Å²) in [5.74, 6) is 1.87. The van der Waals surface area contributed by atoms with Gasteiger partial charge >= 0.3 is 0 Å². The second-order valence-electron chi connectivity index (χ2n) is 4.84. The van der Waals surface area contributed by atoms with Crippen LogP contribution in [0.4, 0.5) is 0 Å². The van der Waals surface area contributed by atoms with Gasteiger partial charge in [0.1, 0.15) is 11.4 Å². The van der Waals surface area contributed by atoms with Crippen LogP contribution in [-0.4, -0.2) is 27.4 Å². The highest BCUT2D eigenvalue weighted by Crippen LogP contribution is 2.21. The van der Waals surface area contributed by atoms with Crippen LogP contribution < -0.4 is 5.32 Å². The Balaban J connectivity index is 2.93. The molecule has 1 aromatic rings. The first-order chi connectivity index (χ1) is 8.49. The van der Waals surface area contributed by atoms with Gasteiger partial charge in [-0.3, -0.25) is 0 Å². The minimum atomic E-state index is -0.525. The number of hydrogen-bond donors (Lipinski definition) is 1. The largest absolute Gasteiger partial charge is 0.303 e. The van der Waals surface area contributed by atoms with E-state index in [1.54, 1.807) is 0 Å². The van der Waals surface area contributed by atoms with Crippen LogP contribution in [0, 0.1) is 11.3 Å². The van der Waals surface area contributed by atoms with Gasteiger partial charge in [-0.1, -0.05) is 13.8 Å². The van der Waals surface area contributed by atoms with E-state index in [-0.39, 0.29) is 6.04 Å². The lowest BCUT2D eigenvalue weighted by molar-refractivity contribution is 0.342. The molecule has 0 saturated heterocycles. The molecule has 18 heavy (non-hydrogen) atoms. The van der Waals surface area contributed by atoms with E-state index in [1.165, 1.54) is 0 Å². The minimum absolute atomic E-state index is 0.157. The van der Waals surface area contributed by atoms with Crippen molar-refractivity contribution in [1.82, 2.24) is 20.1 Å². The standard InChI is InChI=1S/C13H23N5/c1-6-11-16-12(7-2)18(17-11)10(3)8-13(4,9-14)15-5/h10,15H,6-8H2,1-5H3. The quantitative estimate of drug-likeness (QED) is 0.835. The third kappa shape index (κ3) is 3.08. The summed E-state index contributed by atoms with van der Waals surface area (Å²) in [6.45, 7) is 8.12. The Kier molecular flexibility index (Phi) is 4.85. The average molecular weight is 249 g/mol.